The van der Waals surface area contributed by atoms with Gasteiger partial charge in [-0.1, -0.05) is 12.1 Å². The summed E-state index contributed by atoms with van der Waals surface area (Å²) in [5, 5.41) is 9.05. The number of imidazole rings is 1. The van der Waals surface area contributed by atoms with E-state index in [1.807, 2.05) is 30.2 Å². The minimum atomic E-state index is -0.932. The topological polar surface area (TPSA) is 87.8 Å². The van der Waals surface area contributed by atoms with E-state index in [4.69, 9.17) is 5.11 Å². The van der Waals surface area contributed by atoms with E-state index in [-0.39, 0.29) is 17.4 Å². The second kappa shape index (κ2) is 6.83. The van der Waals surface area contributed by atoms with Crippen molar-refractivity contribution in [3.63, 3.8) is 0 Å². The Morgan fingerprint density at radius 3 is 2.74 bits per heavy atom. The number of carboxylic acids is 1. The Hall–Kier alpha value is -3.22. The summed E-state index contributed by atoms with van der Waals surface area (Å²) in [4.78, 5) is 34.7. The van der Waals surface area contributed by atoms with Crippen LogP contribution in [0.4, 0.5) is 0 Å². The molecule has 1 aliphatic heterocycles. The largest absolute Gasteiger partial charge is 0.478 e. The van der Waals surface area contributed by atoms with E-state index >= 15 is 0 Å². The number of fused-ring (bicyclic) bond motifs is 1. The van der Waals surface area contributed by atoms with Crippen molar-refractivity contribution in [2.75, 3.05) is 13.1 Å². The first-order chi connectivity index (χ1) is 13.0. The van der Waals surface area contributed by atoms with Crippen LogP contribution in [0.25, 0.3) is 5.78 Å². The van der Waals surface area contributed by atoms with E-state index in [1.165, 1.54) is 0 Å². The Morgan fingerprint density at radius 1 is 1.22 bits per heavy atom. The lowest BCUT2D eigenvalue weighted by Crippen LogP contribution is -2.39. The number of nitrogens with zero attached hydrogens (tertiary/aromatic N) is 4. The Bertz CT molecular complexity index is 1010. The van der Waals surface area contributed by atoms with Gasteiger partial charge in [0.1, 0.15) is 5.69 Å². The number of hydrogen-bond donors (Lipinski definition) is 1. The van der Waals surface area contributed by atoms with Crippen molar-refractivity contribution in [1.29, 1.82) is 0 Å². The molecule has 138 valence electrons. The Morgan fingerprint density at radius 2 is 2.00 bits per heavy atom. The van der Waals surface area contributed by atoms with Gasteiger partial charge in [-0.2, -0.15) is 0 Å². The number of rotatable bonds is 3. The molecular formula is C20H20N4O3. The van der Waals surface area contributed by atoms with Gasteiger partial charge in [-0.05, 0) is 43.5 Å². The zero-order valence-corrected chi connectivity index (χ0v) is 15.0. The maximum atomic E-state index is 13.2. The fraction of sp³-hybridized carbons (Fsp3) is 0.300. The molecule has 1 fully saturated rings. The molecule has 3 aromatic rings. The molecule has 0 saturated carbocycles. The average Bonchev–Trinajstić information content (AvgIpc) is 3.03. The standard InChI is InChI=1S/C20H20N4O3/c1-13-17(24-11-3-9-21-20(24)22-13)18(25)23-10-2-4-16(12-23)14-5-7-15(8-6-14)19(26)27/h3,5-9,11,16H,2,4,10,12H2,1H3,(H,26,27). The number of amides is 1. The minimum absolute atomic E-state index is 0.0418. The van der Waals surface area contributed by atoms with Gasteiger partial charge in [0.05, 0.1) is 11.3 Å². The number of carboxylic acid groups (broad SMARTS) is 1. The normalized spacial score (nSPS) is 17.2. The Labute approximate surface area is 156 Å². The van der Waals surface area contributed by atoms with Crippen molar-refractivity contribution in [3.05, 3.63) is 65.2 Å². The smallest absolute Gasteiger partial charge is 0.335 e. The number of aromatic nitrogens is 3. The molecule has 1 amide bonds. The molecule has 2 aromatic heterocycles. The molecule has 1 saturated heterocycles. The second-order valence-corrected chi connectivity index (χ2v) is 6.85. The summed E-state index contributed by atoms with van der Waals surface area (Å²) in [5.74, 6) is -0.252. The molecule has 0 aliphatic carbocycles. The summed E-state index contributed by atoms with van der Waals surface area (Å²) in [5.41, 5.74) is 2.57. The molecule has 0 radical (unpaired) electrons. The van der Waals surface area contributed by atoms with E-state index < -0.39 is 5.97 Å². The maximum absolute atomic E-state index is 13.2. The highest BCUT2D eigenvalue weighted by atomic mass is 16.4. The maximum Gasteiger partial charge on any atom is 0.335 e. The van der Waals surface area contributed by atoms with Crippen molar-refractivity contribution >= 4 is 17.7 Å². The number of carbonyl (C=O) groups is 2. The van der Waals surface area contributed by atoms with Crippen LogP contribution in [-0.4, -0.2) is 49.3 Å². The summed E-state index contributed by atoms with van der Waals surface area (Å²) < 4.78 is 1.74. The van der Waals surface area contributed by atoms with Crippen LogP contribution in [0.1, 0.15) is 50.9 Å². The zero-order chi connectivity index (χ0) is 19.0. The first-order valence-corrected chi connectivity index (χ1v) is 8.97. The summed E-state index contributed by atoms with van der Waals surface area (Å²) >= 11 is 0. The summed E-state index contributed by atoms with van der Waals surface area (Å²) in [6.07, 6.45) is 5.35. The van der Waals surface area contributed by atoms with Crippen LogP contribution in [0.2, 0.25) is 0 Å². The van der Waals surface area contributed by atoms with Gasteiger partial charge < -0.3 is 10.0 Å². The van der Waals surface area contributed by atoms with Crippen molar-refractivity contribution in [2.24, 2.45) is 0 Å². The third-order valence-electron chi connectivity index (χ3n) is 5.12. The van der Waals surface area contributed by atoms with Gasteiger partial charge in [0.2, 0.25) is 5.78 Å². The summed E-state index contributed by atoms with van der Waals surface area (Å²) in [6.45, 7) is 3.14. The number of aromatic carboxylic acids is 1. The van der Waals surface area contributed by atoms with E-state index in [2.05, 4.69) is 9.97 Å². The summed E-state index contributed by atoms with van der Waals surface area (Å²) in [7, 11) is 0. The van der Waals surface area contributed by atoms with E-state index in [9.17, 15) is 9.59 Å². The van der Waals surface area contributed by atoms with Gasteiger partial charge in [0, 0.05) is 31.4 Å². The molecule has 1 N–H and O–H groups in total. The van der Waals surface area contributed by atoms with Crippen molar-refractivity contribution in [3.8, 4) is 0 Å². The minimum Gasteiger partial charge on any atom is -0.478 e. The number of piperidine rings is 1. The number of carbonyl (C=O) groups excluding carboxylic acids is 1. The van der Waals surface area contributed by atoms with Crippen LogP contribution >= 0.6 is 0 Å². The highest BCUT2D eigenvalue weighted by Gasteiger charge is 2.28. The van der Waals surface area contributed by atoms with Crippen molar-refractivity contribution in [2.45, 2.75) is 25.7 Å². The molecule has 1 aliphatic rings. The van der Waals surface area contributed by atoms with Gasteiger partial charge in [0.25, 0.3) is 5.91 Å². The number of likely N-dealkylation sites (tertiary alicyclic amines) is 1. The molecule has 0 bridgehead atoms. The first-order valence-electron chi connectivity index (χ1n) is 8.97. The van der Waals surface area contributed by atoms with Gasteiger partial charge in [-0.3, -0.25) is 9.20 Å². The molecule has 0 spiro atoms. The zero-order valence-electron chi connectivity index (χ0n) is 15.0. The van der Waals surface area contributed by atoms with Gasteiger partial charge in [0.15, 0.2) is 0 Å². The van der Waals surface area contributed by atoms with Gasteiger partial charge >= 0.3 is 5.97 Å². The van der Waals surface area contributed by atoms with Crippen LogP contribution in [-0.2, 0) is 0 Å². The highest BCUT2D eigenvalue weighted by molar-refractivity contribution is 5.94. The monoisotopic (exact) mass is 364 g/mol. The molecule has 4 rings (SSSR count). The van der Waals surface area contributed by atoms with Crippen LogP contribution in [0.3, 0.4) is 0 Å². The molecule has 1 unspecified atom stereocenters. The number of hydrogen-bond acceptors (Lipinski definition) is 4. The summed E-state index contributed by atoms with van der Waals surface area (Å²) in [6, 6.07) is 8.74. The second-order valence-electron chi connectivity index (χ2n) is 6.85. The van der Waals surface area contributed by atoms with E-state index in [1.54, 1.807) is 28.8 Å². The van der Waals surface area contributed by atoms with Crippen LogP contribution in [0.15, 0.2) is 42.7 Å². The molecule has 1 aromatic carbocycles. The Balaban J connectivity index is 1.58. The fourth-order valence-electron chi connectivity index (χ4n) is 3.74. The first kappa shape index (κ1) is 17.2. The van der Waals surface area contributed by atoms with Crippen LogP contribution in [0, 0.1) is 6.92 Å². The third-order valence-corrected chi connectivity index (χ3v) is 5.12. The third kappa shape index (κ3) is 3.16. The molecular weight excluding hydrogens is 344 g/mol. The number of aryl methyl sites for hydroxylation is 1. The van der Waals surface area contributed by atoms with Crippen LogP contribution < -0.4 is 0 Å². The van der Waals surface area contributed by atoms with E-state index in [0.717, 1.165) is 18.4 Å². The van der Waals surface area contributed by atoms with Gasteiger partial charge in [-0.15, -0.1) is 0 Å². The highest BCUT2D eigenvalue weighted by Crippen LogP contribution is 2.28. The predicted molar refractivity (Wildman–Crippen MR) is 99.0 cm³/mol. The lowest BCUT2D eigenvalue weighted by atomic mass is 9.90. The molecule has 1 atom stereocenters. The van der Waals surface area contributed by atoms with Crippen LogP contribution in [0.5, 0.6) is 0 Å². The Kier molecular flexibility index (Phi) is 4.35. The molecule has 7 heteroatoms. The average molecular weight is 364 g/mol. The SMILES string of the molecule is Cc1nc2ncccn2c1C(=O)N1CCCC(c2ccc(C(=O)O)cc2)C1. The quantitative estimate of drug-likeness (QED) is 0.772. The molecule has 27 heavy (non-hydrogen) atoms. The lowest BCUT2D eigenvalue weighted by Gasteiger charge is -2.33. The molecule has 7 nitrogen and oxygen atoms in total. The lowest BCUT2D eigenvalue weighted by molar-refractivity contribution is 0.0691. The fourth-order valence-corrected chi connectivity index (χ4v) is 3.74. The number of benzene rings is 1. The van der Waals surface area contributed by atoms with E-state index in [0.29, 0.717) is 30.3 Å². The van der Waals surface area contributed by atoms with Crippen molar-refractivity contribution in [1.82, 2.24) is 19.3 Å². The predicted octanol–water partition coefficient (Wildman–Crippen LogP) is 2.76. The van der Waals surface area contributed by atoms with Gasteiger partial charge in [-0.25, -0.2) is 14.8 Å². The molecule has 3 heterocycles. The van der Waals surface area contributed by atoms with Crippen molar-refractivity contribution < 1.29 is 14.7 Å².